The minimum atomic E-state index is -0.356. The zero-order chi connectivity index (χ0) is 19.1. The van der Waals surface area contributed by atoms with Gasteiger partial charge in [-0.2, -0.15) is 0 Å². The van der Waals surface area contributed by atoms with Gasteiger partial charge in [-0.25, -0.2) is 4.79 Å². The van der Waals surface area contributed by atoms with Crippen molar-refractivity contribution in [3.63, 3.8) is 0 Å². The van der Waals surface area contributed by atoms with Crippen molar-refractivity contribution in [1.29, 1.82) is 0 Å². The fraction of sp³-hybridized carbons (Fsp3) is 0.545. The zero-order valence-corrected chi connectivity index (χ0v) is 16.5. The molecule has 0 aromatic heterocycles. The maximum absolute atomic E-state index is 13.3. The zero-order valence-electron chi connectivity index (χ0n) is 16.5. The topological polar surface area (TPSA) is 52.7 Å². The van der Waals surface area contributed by atoms with Gasteiger partial charge >= 0.3 is 6.03 Å². The van der Waals surface area contributed by atoms with Crippen molar-refractivity contribution in [3.05, 3.63) is 46.7 Å². The number of urea groups is 1. The van der Waals surface area contributed by atoms with Crippen LogP contribution < -0.4 is 5.32 Å². The molecule has 0 spiro atoms. The molecule has 0 saturated heterocycles. The average Bonchev–Trinajstić information content (AvgIpc) is 3.03. The molecule has 1 aromatic carbocycles. The molecule has 3 amide bonds. The van der Waals surface area contributed by atoms with Gasteiger partial charge in [-0.05, 0) is 29.9 Å². The molecule has 5 heteroatoms. The van der Waals surface area contributed by atoms with Crippen LogP contribution in [0.2, 0.25) is 0 Å². The van der Waals surface area contributed by atoms with Crippen LogP contribution >= 0.6 is 0 Å². The van der Waals surface area contributed by atoms with Gasteiger partial charge in [-0.15, -0.1) is 0 Å². The predicted molar refractivity (Wildman–Crippen MR) is 105 cm³/mol. The van der Waals surface area contributed by atoms with Crippen molar-refractivity contribution >= 4 is 11.9 Å². The molecule has 1 N–H and O–H groups in total. The van der Waals surface area contributed by atoms with Gasteiger partial charge in [0.1, 0.15) is 0 Å². The molecule has 144 valence electrons. The lowest BCUT2D eigenvalue weighted by Gasteiger charge is -2.31. The molecule has 2 heterocycles. The van der Waals surface area contributed by atoms with Crippen LogP contribution in [-0.2, 0) is 4.79 Å². The van der Waals surface area contributed by atoms with Gasteiger partial charge in [0.05, 0.1) is 23.9 Å². The van der Waals surface area contributed by atoms with E-state index in [1.54, 1.807) is 11.9 Å². The van der Waals surface area contributed by atoms with E-state index < -0.39 is 0 Å². The minimum Gasteiger partial charge on any atom is -0.330 e. The third-order valence-electron chi connectivity index (χ3n) is 6.34. The monoisotopic (exact) mass is 367 g/mol. The van der Waals surface area contributed by atoms with Crippen LogP contribution in [0.5, 0.6) is 0 Å². The average molecular weight is 367 g/mol. The molecule has 1 fully saturated rings. The highest BCUT2D eigenvalue weighted by atomic mass is 16.2. The summed E-state index contributed by atoms with van der Waals surface area (Å²) in [5.74, 6) is 0.553. The van der Waals surface area contributed by atoms with Crippen LogP contribution in [0.25, 0.3) is 0 Å². The van der Waals surface area contributed by atoms with Crippen LogP contribution in [0.3, 0.4) is 0 Å². The van der Waals surface area contributed by atoms with Gasteiger partial charge in [0.15, 0.2) is 0 Å². The van der Waals surface area contributed by atoms with E-state index in [0.717, 1.165) is 29.7 Å². The Morgan fingerprint density at radius 1 is 1.04 bits per heavy atom. The molecule has 4 rings (SSSR count). The second-order valence-electron chi connectivity index (χ2n) is 8.35. The van der Waals surface area contributed by atoms with E-state index in [1.165, 1.54) is 24.8 Å². The van der Waals surface area contributed by atoms with Crippen molar-refractivity contribution in [1.82, 2.24) is 15.1 Å². The van der Waals surface area contributed by atoms with E-state index in [9.17, 15) is 9.59 Å². The Labute approximate surface area is 161 Å². The first-order valence-electron chi connectivity index (χ1n) is 10.2. The Kier molecular flexibility index (Phi) is 4.70. The van der Waals surface area contributed by atoms with E-state index in [-0.39, 0.29) is 18.0 Å². The van der Waals surface area contributed by atoms with Gasteiger partial charge in [-0.3, -0.25) is 9.69 Å². The summed E-state index contributed by atoms with van der Waals surface area (Å²) in [4.78, 5) is 29.5. The van der Waals surface area contributed by atoms with Gasteiger partial charge in [0.25, 0.3) is 5.91 Å². The molecule has 2 aliphatic heterocycles. The van der Waals surface area contributed by atoms with Crippen molar-refractivity contribution in [2.24, 2.45) is 0 Å². The Bertz CT molecular complexity index is 775. The minimum absolute atomic E-state index is 0.0988. The highest BCUT2D eigenvalue weighted by Crippen LogP contribution is 2.38. The van der Waals surface area contributed by atoms with Gasteiger partial charge in [0, 0.05) is 13.1 Å². The predicted octanol–water partition coefficient (Wildman–Crippen LogP) is 3.94. The van der Waals surface area contributed by atoms with E-state index in [4.69, 9.17) is 0 Å². The fourth-order valence-electron chi connectivity index (χ4n) is 4.60. The number of likely N-dealkylation sites (N-methyl/N-ethyl adjacent to an activating group) is 1. The van der Waals surface area contributed by atoms with E-state index in [1.807, 2.05) is 17.0 Å². The second kappa shape index (κ2) is 7.02. The molecule has 0 bridgehead atoms. The third kappa shape index (κ3) is 3.13. The summed E-state index contributed by atoms with van der Waals surface area (Å²) in [5, 5.41) is 3.04. The van der Waals surface area contributed by atoms with E-state index in [2.05, 4.69) is 31.3 Å². The highest BCUT2D eigenvalue weighted by molar-refractivity contribution is 6.01. The largest absolute Gasteiger partial charge is 0.330 e. The lowest BCUT2D eigenvalue weighted by molar-refractivity contribution is -0.128. The summed E-state index contributed by atoms with van der Waals surface area (Å²) < 4.78 is 0. The maximum atomic E-state index is 13.3. The number of hydrogen-bond acceptors (Lipinski definition) is 2. The van der Waals surface area contributed by atoms with E-state index in [0.29, 0.717) is 18.5 Å². The Morgan fingerprint density at radius 3 is 2.33 bits per heavy atom. The molecule has 3 aliphatic rings. The van der Waals surface area contributed by atoms with Crippen LogP contribution in [0, 0.1) is 0 Å². The molecular formula is C22H29N3O2. The number of nitrogens with one attached hydrogen (secondary N) is 1. The Hall–Kier alpha value is -2.30. The summed E-state index contributed by atoms with van der Waals surface area (Å²) in [6, 6.07) is 8.12. The van der Waals surface area contributed by atoms with Crippen molar-refractivity contribution in [3.8, 4) is 0 Å². The molecule has 1 atom stereocenters. The molecular weight excluding hydrogens is 338 g/mol. The number of nitrogens with zero attached hydrogens (tertiary/aromatic N) is 2. The first-order valence-corrected chi connectivity index (χ1v) is 10.2. The first-order chi connectivity index (χ1) is 13.0. The fourth-order valence-corrected chi connectivity index (χ4v) is 4.60. The Balaban J connectivity index is 1.66. The smallest absolute Gasteiger partial charge is 0.322 e. The molecule has 0 radical (unpaired) electrons. The second-order valence-corrected chi connectivity index (χ2v) is 8.35. The standard InChI is InChI=1S/C22H29N3O2/c1-14(2)15-9-11-16(12-10-15)20-19-18(24(3)22(27)23-20)13-25(21(19)26)17-7-5-4-6-8-17/h9-12,14,17,20H,4-8,13H2,1-3H3,(H,23,27)/t20-/m0/s1. The van der Waals surface area contributed by atoms with Gasteiger partial charge in [0.2, 0.25) is 0 Å². The summed E-state index contributed by atoms with van der Waals surface area (Å²) >= 11 is 0. The highest BCUT2D eigenvalue weighted by Gasteiger charge is 2.44. The number of amides is 3. The van der Waals surface area contributed by atoms with E-state index >= 15 is 0 Å². The SMILES string of the molecule is CC(C)c1ccc([C@@H]2NC(=O)N(C)C3=C2C(=O)N(C2CCCCC2)C3)cc1. The quantitative estimate of drug-likeness (QED) is 0.880. The Morgan fingerprint density at radius 2 is 1.70 bits per heavy atom. The lowest BCUT2D eigenvalue weighted by Crippen LogP contribution is -2.45. The first kappa shape index (κ1) is 18.1. The lowest BCUT2D eigenvalue weighted by atomic mass is 9.92. The molecule has 1 aliphatic carbocycles. The van der Waals surface area contributed by atoms with Gasteiger partial charge < -0.3 is 10.2 Å². The number of carbonyl (C=O) groups excluding carboxylic acids is 2. The van der Waals surface area contributed by atoms with Crippen molar-refractivity contribution < 1.29 is 9.59 Å². The summed E-state index contributed by atoms with van der Waals surface area (Å²) in [6.07, 6.45) is 5.78. The van der Waals surface area contributed by atoms with Crippen LogP contribution in [0.4, 0.5) is 4.79 Å². The molecule has 1 saturated carbocycles. The van der Waals surface area contributed by atoms with Crippen molar-refractivity contribution in [2.75, 3.05) is 13.6 Å². The molecule has 27 heavy (non-hydrogen) atoms. The molecule has 5 nitrogen and oxygen atoms in total. The normalized spacial score (nSPS) is 23.9. The molecule has 1 aromatic rings. The third-order valence-corrected chi connectivity index (χ3v) is 6.34. The number of benzene rings is 1. The number of hydrogen-bond donors (Lipinski definition) is 1. The maximum Gasteiger partial charge on any atom is 0.322 e. The number of carbonyl (C=O) groups is 2. The number of rotatable bonds is 3. The summed E-state index contributed by atoms with van der Waals surface area (Å²) in [5.41, 5.74) is 3.85. The van der Waals surface area contributed by atoms with Crippen LogP contribution in [0.15, 0.2) is 35.5 Å². The van der Waals surface area contributed by atoms with Crippen LogP contribution in [-0.4, -0.2) is 41.4 Å². The summed E-state index contributed by atoms with van der Waals surface area (Å²) in [6.45, 7) is 4.88. The molecule has 0 unspecified atom stereocenters. The van der Waals surface area contributed by atoms with Crippen molar-refractivity contribution in [2.45, 2.75) is 64.0 Å². The van der Waals surface area contributed by atoms with Crippen LogP contribution in [0.1, 0.15) is 69.0 Å². The van der Waals surface area contributed by atoms with Gasteiger partial charge in [-0.1, -0.05) is 57.4 Å². The summed E-state index contributed by atoms with van der Waals surface area (Å²) in [7, 11) is 1.76.